The molecule has 9 heteroatoms. The van der Waals surface area contributed by atoms with Crippen molar-refractivity contribution in [2.75, 3.05) is 25.0 Å². The largest absolute Gasteiger partial charge is 0.395 e. The summed E-state index contributed by atoms with van der Waals surface area (Å²) in [6, 6.07) is 13.5. The number of hydrogen-bond acceptors (Lipinski definition) is 7. The van der Waals surface area contributed by atoms with Crippen LogP contribution in [0.1, 0.15) is 16.7 Å². The summed E-state index contributed by atoms with van der Waals surface area (Å²) in [6.07, 6.45) is 3.94. The highest BCUT2D eigenvalue weighted by atomic mass is 32.2. The van der Waals surface area contributed by atoms with E-state index in [0.29, 0.717) is 33.7 Å². The first-order chi connectivity index (χ1) is 15.5. The number of amides is 1. The van der Waals surface area contributed by atoms with Crippen LogP contribution in [-0.2, 0) is 11.2 Å². The minimum atomic E-state index is -0.298. The third kappa shape index (κ3) is 4.59. The summed E-state index contributed by atoms with van der Waals surface area (Å²) in [7, 11) is 0. The Morgan fingerprint density at radius 1 is 1.19 bits per heavy atom. The van der Waals surface area contributed by atoms with Gasteiger partial charge in [-0.1, -0.05) is 60.4 Å². The number of aliphatic hydroxyl groups excluding tert-OH is 1. The highest BCUT2D eigenvalue weighted by Gasteiger charge is 2.32. The van der Waals surface area contributed by atoms with Crippen LogP contribution < -0.4 is 10.9 Å². The van der Waals surface area contributed by atoms with Gasteiger partial charge in [0.05, 0.1) is 17.1 Å². The lowest BCUT2D eigenvalue weighted by molar-refractivity contribution is -0.122. The molecule has 32 heavy (non-hydrogen) atoms. The summed E-state index contributed by atoms with van der Waals surface area (Å²) in [5.74, 6) is 0.0974. The number of aliphatic hydroxyl groups is 1. The highest BCUT2D eigenvalue weighted by Crippen LogP contribution is 2.33. The standard InChI is InChI=1S/C23H22N4O3S2/c1-15-7-8-19-25-20(24-10-12-28)17(21(29)27(19)14-15)13-18-22(30)26(23(31)32-18)11-9-16-5-3-2-4-6-16/h2-8,13-14,24,28H,9-12H2,1H3/b18-13+. The van der Waals surface area contributed by atoms with E-state index in [0.717, 1.165) is 11.1 Å². The molecule has 1 aliphatic heterocycles. The third-order valence-corrected chi connectivity index (χ3v) is 6.40. The van der Waals surface area contributed by atoms with E-state index in [4.69, 9.17) is 12.2 Å². The molecule has 7 nitrogen and oxygen atoms in total. The molecular formula is C23H22N4O3S2. The van der Waals surface area contributed by atoms with E-state index in [2.05, 4.69) is 10.3 Å². The molecule has 164 valence electrons. The number of nitrogens with zero attached hydrogens (tertiary/aromatic N) is 3. The van der Waals surface area contributed by atoms with Crippen LogP contribution in [0.4, 0.5) is 5.82 Å². The molecule has 4 rings (SSSR count). The number of benzene rings is 1. The van der Waals surface area contributed by atoms with E-state index >= 15 is 0 Å². The van der Waals surface area contributed by atoms with Crippen molar-refractivity contribution in [3.63, 3.8) is 0 Å². The number of carbonyl (C=O) groups is 1. The number of aryl methyl sites for hydroxylation is 1. The van der Waals surface area contributed by atoms with Gasteiger partial charge >= 0.3 is 0 Å². The SMILES string of the molecule is Cc1ccc2nc(NCCO)c(/C=C3/SC(=S)N(CCc4ccccc4)C3=O)c(=O)n2c1. The van der Waals surface area contributed by atoms with Gasteiger partial charge in [-0.2, -0.15) is 0 Å². The summed E-state index contributed by atoms with van der Waals surface area (Å²) in [5.41, 5.74) is 2.47. The van der Waals surface area contributed by atoms with Crippen LogP contribution in [0.5, 0.6) is 0 Å². The lowest BCUT2D eigenvalue weighted by Gasteiger charge is -2.14. The second-order valence-corrected chi connectivity index (χ2v) is 9.01. The lowest BCUT2D eigenvalue weighted by atomic mass is 10.1. The van der Waals surface area contributed by atoms with Gasteiger partial charge in [-0.3, -0.25) is 18.9 Å². The van der Waals surface area contributed by atoms with Crippen LogP contribution in [0.2, 0.25) is 0 Å². The van der Waals surface area contributed by atoms with E-state index < -0.39 is 0 Å². The fourth-order valence-corrected chi connectivity index (χ4v) is 4.70. The topological polar surface area (TPSA) is 86.9 Å². The molecule has 0 bridgehead atoms. The fraction of sp³-hybridized carbons (Fsp3) is 0.217. The average Bonchev–Trinajstić information content (AvgIpc) is 3.06. The monoisotopic (exact) mass is 466 g/mol. The quantitative estimate of drug-likeness (QED) is 0.409. The number of hydrogen-bond donors (Lipinski definition) is 2. The van der Waals surface area contributed by atoms with E-state index in [9.17, 15) is 14.7 Å². The van der Waals surface area contributed by atoms with Gasteiger partial charge in [-0.05, 0) is 36.6 Å². The molecule has 0 saturated carbocycles. The van der Waals surface area contributed by atoms with Crippen molar-refractivity contribution in [2.24, 2.45) is 0 Å². The molecule has 1 saturated heterocycles. The molecule has 1 aromatic carbocycles. The van der Waals surface area contributed by atoms with Crippen LogP contribution in [-0.4, -0.2) is 49.3 Å². The van der Waals surface area contributed by atoms with Crippen LogP contribution in [0.25, 0.3) is 11.7 Å². The zero-order valence-corrected chi connectivity index (χ0v) is 19.1. The van der Waals surface area contributed by atoms with Crippen molar-refractivity contribution < 1.29 is 9.90 Å². The van der Waals surface area contributed by atoms with Gasteiger partial charge in [-0.25, -0.2) is 4.98 Å². The highest BCUT2D eigenvalue weighted by molar-refractivity contribution is 8.26. The fourth-order valence-electron chi connectivity index (χ4n) is 3.41. The Hall–Kier alpha value is -3.01. The number of nitrogens with one attached hydrogen (secondary N) is 1. The van der Waals surface area contributed by atoms with Crippen molar-refractivity contribution in [3.8, 4) is 0 Å². The number of rotatable bonds is 7. The van der Waals surface area contributed by atoms with Crippen LogP contribution in [0, 0.1) is 6.92 Å². The van der Waals surface area contributed by atoms with Gasteiger partial charge in [0.1, 0.15) is 15.8 Å². The van der Waals surface area contributed by atoms with Crippen molar-refractivity contribution in [3.05, 3.63) is 80.6 Å². The van der Waals surface area contributed by atoms with Crippen molar-refractivity contribution in [1.29, 1.82) is 0 Å². The zero-order chi connectivity index (χ0) is 22.7. The van der Waals surface area contributed by atoms with Gasteiger partial charge in [0.15, 0.2) is 0 Å². The molecule has 0 spiro atoms. The molecule has 3 heterocycles. The molecule has 0 radical (unpaired) electrons. The maximum Gasteiger partial charge on any atom is 0.267 e. The molecule has 3 aromatic rings. The second-order valence-electron chi connectivity index (χ2n) is 7.33. The summed E-state index contributed by atoms with van der Waals surface area (Å²) in [5, 5.41) is 12.2. The van der Waals surface area contributed by atoms with Crippen LogP contribution >= 0.6 is 24.0 Å². The Balaban J connectivity index is 1.68. The van der Waals surface area contributed by atoms with E-state index in [-0.39, 0.29) is 30.2 Å². The predicted molar refractivity (Wildman–Crippen MR) is 132 cm³/mol. The summed E-state index contributed by atoms with van der Waals surface area (Å²) < 4.78 is 1.92. The first kappa shape index (κ1) is 22.2. The van der Waals surface area contributed by atoms with Gasteiger partial charge in [-0.15, -0.1) is 0 Å². The first-order valence-corrected chi connectivity index (χ1v) is 11.4. The second kappa shape index (κ2) is 9.64. The van der Waals surface area contributed by atoms with Gasteiger partial charge < -0.3 is 10.4 Å². The molecule has 2 aromatic heterocycles. The molecule has 1 fully saturated rings. The van der Waals surface area contributed by atoms with E-state index in [1.165, 1.54) is 16.2 Å². The number of carbonyl (C=O) groups excluding carboxylic acids is 1. The van der Waals surface area contributed by atoms with E-state index in [1.54, 1.807) is 23.2 Å². The van der Waals surface area contributed by atoms with Gasteiger partial charge in [0.2, 0.25) is 0 Å². The van der Waals surface area contributed by atoms with Crippen molar-refractivity contribution in [2.45, 2.75) is 13.3 Å². The Kier molecular flexibility index (Phi) is 6.69. The number of fused-ring (bicyclic) bond motifs is 1. The van der Waals surface area contributed by atoms with Crippen molar-refractivity contribution >= 4 is 51.7 Å². The van der Waals surface area contributed by atoms with Gasteiger partial charge in [0, 0.05) is 19.3 Å². The summed E-state index contributed by atoms with van der Waals surface area (Å²) in [4.78, 5) is 32.8. The number of aromatic nitrogens is 2. The molecule has 1 amide bonds. The number of pyridine rings is 1. The molecular weight excluding hydrogens is 444 g/mol. The summed E-state index contributed by atoms with van der Waals surface area (Å²) in [6.45, 7) is 2.47. The molecule has 2 N–H and O–H groups in total. The maximum atomic E-state index is 13.2. The summed E-state index contributed by atoms with van der Waals surface area (Å²) >= 11 is 6.61. The molecule has 0 unspecified atom stereocenters. The minimum absolute atomic E-state index is 0.115. The van der Waals surface area contributed by atoms with Crippen LogP contribution in [0.15, 0.2) is 58.4 Å². The predicted octanol–water partition coefficient (Wildman–Crippen LogP) is 2.85. The van der Waals surface area contributed by atoms with Crippen molar-refractivity contribution in [1.82, 2.24) is 14.3 Å². The zero-order valence-electron chi connectivity index (χ0n) is 17.4. The minimum Gasteiger partial charge on any atom is -0.395 e. The van der Waals surface area contributed by atoms with Crippen LogP contribution in [0.3, 0.4) is 0 Å². The molecule has 0 aliphatic carbocycles. The number of anilines is 1. The maximum absolute atomic E-state index is 13.2. The number of thiocarbonyl (C=S) groups is 1. The number of thioether (sulfide) groups is 1. The first-order valence-electron chi connectivity index (χ1n) is 10.1. The Morgan fingerprint density at radius 3 is 2.72 bits per heavy atom. The normalized spacial score (nSPS) is 15.2. The van der Waals surface area contributed by atoms with E-state index in [1.807, 2.05) is 43.3 Å². The lowest BCUT2D eigenvalue weighted by Crippen LogP contribution is -2.30. The smallest absolute Gasteiger partial charge is 0.267 e. The molecule has 1 aliphatic rings. The molecule has 0 atom stereocenters. The average molecular weight is 467 g/mol. The Labute approximate surface area is 194 Å². The Morgan fingerprint density at radius 2 is 1.97 bits per heavy atom. The third-order valence-electron chi connectivity index (χ3n) is 5.03. The Bertz CT molecular complexity index is 1270. The van der Waals surface area contributed by atoms with Gasteiger partial charge in [0.25, 0.3) is 11.5 Å².